The van der Waals surface area contributed by atoms with Gasteiger partial charge in [0.15, 0.2) is 0 Å². The highest BCUT2D eigenvalue weighted by Crippen LogP contribution is 2.44. The standard InChI is InChI=1S/C9H13NO4/c1-4(8(11)12)2-5-3-6(5)7(10)9(13)14/h5-7H,1-3,10H2,(H,11,12)(H,13,14)/t5?,6-,7-/m0/s1. The van der Waals surface area contributed by atoms with Crippen LogP contribution in [0, 0.1) is 11.8 Å². The Labute approximate surface area is 81.2 Å². The van der Waals surface area contributed by atoms with Crippen molar-refractivity contribution in [3.05, 3.63) is 12.2 Å². The number of hydrogen-bond acceptors (Lipinski definition) is 3. The summed E-state index contributed by atoms with van der Waals surface area (Å²) in [6, 6.07) is -0.874. The molecule has 1 aliphatic carbocycles. The summed E-state index contributed by atoms with van der Waals surface area (Å²) in [6.07, 6.45) is 1.01. The fraction of sp³-hybridized carbons (Fsp3) is 0.556. The molecule has 0 heterocycles. The predicted molar refractivity (Wildman–Crippen MR) is 48.6 cm³/mol. The van der Waals surface area contributed by atoms with Gasteiger partial charge in [-0.2, -0.15) is 0 Å². The molecule has 0 amide bonds. The molecule has 0 radical (unpaired) electrons. The first-order valence-electron chi connectivity index (χ1n) is 4.33. The minimum Gasteiger partial charge on any atom is -0.480 e. The van der Waals surface area contributed by atoms with Crippen LogP contribution in [0.3, 0.4) is 0 Å². The molecule has 3 atom stereocenters. The van der Waals surface area contributed by atoms with Crippen LogP contribution >= 0.6 is 0 Å². The fourth-order valence-electron chi connectivity index (χ4n) is 1.53. The number of rotatable bonds is 5. The van der Waals surface area contributed by atoms with Crippen LogP contribution in [0.25, 0.3) is 0 Å². The Kier molecular flexibility index (Phi) is 2.90. The van der Waals surface area contributed by atoms with E-state index < -0.39 is 18.0 Å². The molecule has 0 bridgehead atoms. The number of hydrogen-bond donors (Lipinski definition) is 3. The highest BCUT2D eigenvalue weighted by Gasteiger charge is 2.44. The van der Waals surface area contributed by atoms with Crippen molar-refractivity contribution >= 4 is 11.9 Å². The first-order valence-corrected chi connectivity index (χ1v) is 4.33. The zero-order valence-corrected chi connectivity index (χ0v) is 7.64. The van der Waals surface area contributed by atoms with Gasteiger partial charge in [0.1, 0.15) is 6.04 Å². The largest absolute Gasteiger partial charge is 0.480 e. The van der Waals surface area contributed by atoms with Crippen molar-refractivity contribution in [3.63, 3.8) is 0 Å². The van der Waals surface area contributed by atoms with E-state index in [0.717, 1.165) is 0 Å². The zero-order chi connectivity index (χ0) is 10.9. The second-order valence-corrected chi connectivity index (χ2v) is 3.64. The molecule has 1 rings (SSSR count). The molecule has 0 spiro atoms. The molecule has 0 aromatic rings. The van der Waals surface area contributed by atoms with Gasteiger partial charge in [0.25, 0.3) is 0 Å². The van der Waals surface area contributed by atoms with Gasteiger partial charge in [-0.3, -0.25) is 4.79 Å². The molecule has 1 unspecified atom stereocenters. The van der Waals surface area contributed by atoms with Crippen molar-refractivity contribution in [3.8, 4) is 0 Å². The van der Waals surface area contributed by atoms with Gasteiger partial charge in [0.2, 0.25) is 0 Å². The molecule has 4 N–H and O–H groups in total. The van der Waals surface area contributed by atoms with Gasteiger partial charge >= 0.3 is 11.9 Å². The highest BCUT2D eigenvalue weighted by atomic mass is 16.4. The molecule has 5 heteroatoms. The van der Waals surface area contributed by atoms with E-state index >= 15 is 0 Å². The van der Waals surface area contributed by atoms with Crippen molar-refractivity contribution < 1.29 is 19.8 Å². The van der Waals surface area contributed by atoms with Gasteiger partial charge in [-0.25, -0.2) is 4.79 Å². The number of carbonyl (C=O) groups is 2. The summed E-state index contributed by atoms with van der Waals surface area (Å²) < 4.78 is 0. The van der Waals surface area contributed by atoms with E-state index in [1.54, 1.807) is 0 Å². The van der Waals surface area contributed by atoms with Crippen molar-refractivity contribution in [1.82, 2.24) is 0 Å². The Morgan fingerprint density at radius 3 is 2.50 bits per heavy atom. The minimum atomic E-state index is -1.03. The predicted octanol–water partition coefficient (Wildman–Crippen LogP) is 0.0653. The third-order valence-corrected chi connectivity index (χ3v) is 2.53. The third kappa shape index (κ3) is 2.32. The van der Waals surface area contributed by atoms with E-state index in [4.69, 9.17) is 15.9 Å². The molecule has 0 saturated heterocycles. The molecule has 0 aromatic carbocycles. The lowest BCUT2D eigenvalue weighted by molar-refractivity contribution is -0.139. The van der Waals surface area contributed by atoms with Gasteiger partial charge in [-0.1, -0.05) is 6.58 Å². The Bertz CT molecular complexity index is 287. The summed E-state index contributed by atoms with van der Waals surface area (Å²) in [6.45, 7) is 3.39. The molecule has 14 heavy (non-hydrogen) atoms. The maximum Gasteiger partial charge on any atom is 0.330 e. The second kappa shape index (κ2) is 3.79. The Morgan fingerprint density at radius 1 is 1.50 bits per heavy atom. The average molecular weight is 199 g/mol. The molecule has 78 valence electrons. The first-order chi connectivity index (χ1) is 6.43. The molecule has 0 aromatic heterocycles. The van der Waals surface area contributed by atoms with Crippen molar-refractivity contribution in [2.45, 2.75) is 18.9 Å². The van der Waals surface area contributed by atoms with E-state index in [0.29, 0.717) is 12.8 Å². The Hall–Kier alpha value is -1.36. The van der Waals surface area contributed by atoms with Crippen LogP contribution in [0.15, 0.2) is 12.2 Å². The maximum absolute atomic E-state index is 10.5. The van der Waals surface area contributed by atoms with Crippen LogP contribution in [0.1, 0.15) is 12.8 Å². The van der Waals surface area contributed by atoms with Crippen LogP contribution < -0.4 is 5.73 Å². The number of carboxylic acids is 2. The summed E-state index contributed by atoms with van der Waals surface area (Å²) in [5.41, 5.74) is 5.51. The topological polar surface area (TPSA) is 101 Å². The van der Waals surface area contributed by atoms with Gasteiger partial charge in [-0.15, -0.1) is 0 Å². The first kappa shape index (κ1) is 10.7. The second-order valence-electron chi connectivity index (χ2n) is 3.64. The molecular formula is C9H13NO4. The molecule has 1 fully saturated rings. The average Bonchev–Trinajstić information content (AvgIpc) is 2.82. The lowest BCUT2D eigenvalue weighted by atomic mass is 10.1. The maximum atomic E-state index is 10.5. The van der Waals surface area contributed by atoms with Crippen LogP contribution in [-0.2, 0) is 9.59 Å². The Morgan fingerprint density at radius 2 is 2.07 bits per heavy atom. The van der Waals surface area contributed by atoms with E-state index in [2.05, 4.69) is 6.58 Å². The van der Waals surface area contributed by atoms with Crippen LogP contribution in [0.4, 0.5) is 0 Å². The van der Waals surface area contributed by atoms with E-state index in [-0.39, 0.29) is 17.4 Å². The van der Waals surface area contributed by atoms with Crippen LogP contribution in [-0.4, -0.2) is 28.2 Å². The SMILES string of the molecule is C=C(CC1C[C@@H]1[C@H](N)C(=O)O)C(=O)O. The number of nitrogens with two attached hydrogens (primary N) is 1. The van der Waals surface area contributed by atoms with Gasteiger partial charge < -0.3 is 15.9 Å². The summed E-state index contributed by atoms with van der Waals surface area (Å²) in [5.74, 6) is -2.08. The number of carboxylic acid groups (broad SMARTS) is 2. The normalized spacial score (nSPS) is 26.6. The third-order valence-electron chi connectivity index (χ3n) is 2.53. The molecule has 1 aliphatic rings. The molecular weight excluding hydrogens is 186 g/mol. The zero-order valence-electron chi connectivity index (χ0n) is 7.64. The molecule has 0 aliphatic heterocycles. The van der Waals surface area contributed by atoms with Crippen LogP contribution in [0.2, 0.25) is 0 Å². The van der Waals surface area contributed by atoms with Crippen molar-refractivity contribution in [2.24, 2.45) is 17.6 Å². The van der Waals surface area contributed by atoms with Gasteiger partial charge in [-0.05, 0) is 24.7 Å². The van der Waals surface area contributed by atoms with E-state index in [1.807, 2.05) is 0 Å². The van der Waals surface area contributed by atoms with Gasteiger partial charge in [0, 0.05) is 5.57 Å². The summed E-state index contributed by atoms with van der Waals surface area (Å²) >= 11 is 0. The monoisotopic (exact) mass is 199 g/mol. The summed E-state index contributed by atoms with van der Waals surface area (Å²) in [7, 11) is 0. The fourth-order valence-corrected chi connectivity index (χ4v) is 1.53. The molecule has 1 saturated carbocycles. The van der Waals surface area contributed by atoms with Crippen molar-refractivity contribution in [1.29, 1.82) is 0 Å². The quantitative estimate of drug-likeness (QED) is 0.544. The summed E-state index contributed by atoms with van der Waals surface area (Å²) in [4.78, 5) is 20.9. The summed E-state index contributed by atoms with van der Waals surface area (Å²) in [5, 5.41) is 17.1. The molecule has 5 nitrogen and oxygen atoms in total. The van der Waals surface area contributed by atoms with E-state index in [1.165, 1.54) is 0 Å². The minimum absolute atomic E-state index is 0.0738. The van der Waals surface area contributed by atoms with E-state index in [9.17, 15) is 9.59 Å². The smallest absolute Gasteiger partial charge is 0.330 e. The Balaban J connectivity index is 2.37. The van der Waals surface area contributed by atoms with Crippen molar-refractivity contribution in [2.75, 3.05) is 0 Å². The lowest BCUT2D eigenvalue weighted by Crippen LogP contribution is -2.32. The van der Waals surface area contributed by atoms with Gasteiger partial charge in [0.05, 0.1) is 0 Å². The number of aliphatic carboxylic acids is 2. The highest BCUT2D eigenvalue weighted by molar-refractivity contribution is 5.85. The van der Waals surface area contributed by atoms with Crippen LogP contribution in [0.5, 0.6) is 0 Å². The lowest BCUT2D eigenvalue weighted by Gasteiger charge is -2.04.